The molecule has 1 atom stereocenters. The first kappa shape index (κ1) is 19.1. The molecule has 2 N–H and O–H groups in total. The van der Waals surface area contributed by atoms with Crippen molar-refractivity contribution in [2.24, 2.45) is 5.92 Å². The van der Waals surface area contributed by atoms with Crippen LogP contribution >= 0.6 is 24.0 Å². The third-order valence-corrected chi connectivity index (χ3v) is 4.99. The molecule has 0 spiro atoms. The highest BCUT2D eigenvalue weighted by molar-refractivity contribution is 14.0. The van der Waals surface area contributed by atoms with Crippen molar-refractivity contribution >= 4 is 24.0 Å². The van der Waals surface area contributed by atoms with Gasteiger partial charge in [0, 0.05) is 31.3 Å². The zero-order valence-electron chi connectivity index (χ0n) is 14.5. The maximum absolute atomic E-state index is 10.4. The van der Waals surface area contributed by atoms with Crippen LogP contribution in [0.15, 0.2) is 55.1 Å². The molecule has 3 aromatic rings. The van der Waals surface area contributed by atoms with Gasteiger partial charge in [0.15, 0.2) is 0 Å². The molecule has 4 rings (SSSR count). The van der Waals surface area contributed by atoms with Gasteiger partial charge in [-0.05, 0) is 55.6 Å². The fraction of sp³-hybridized carbons (Fsp3) is 0.368. The number of aliphatic hydroxyl groups excluding tert-OH is 1. The first-order valence-corrected chi connectivity index (χ1v) is 8.78. The minimum atomic E-state index is -0.481. The molecule has 1 aliphatic heterocycles. The van der Waals surface area contributed by atoms with Crippen molar-refractivity contribution < 1.29 is 5.11 Å². The van der Waals surface area contributed by atoms with Gasteiger partial charge in [0.2, 0.25) is 0 Å². The second kappa shape index (κ2) is 8.79. The van der Waals surface area contributed by atoms with E-state index in [4.69, 9.17) is 0 Å². The highest BCUT2D eigenvalue weighted by atomic mass is 127. The average Bonchev–Trinajstić information content (AvgIpc) is 3.36. The van der Waals surface area contributed by atoms with Crippen LogP contribution < -0.4 is 0 Å². The minimum Gasteiger partial charge on any atom is -0.385 e. The largest absolute Gasteiger partial charge is 0.385 e. The number of benzene rings is 1. The van der Waals surface area contributed by atoms with E-state index < -0.39 is 6.10 Å². The van der Waals surface area contributed by atoms with Gasteiger partial charge in [0.25, 0.3) is 0 Å². The summed E-state index contributed by atoms with van der Waals surface area (Å²) in [5, 5.41) is 14.7. The van der Waals surface area contributed by atoms with Gasteiger partial charge in [0.1, 0.15) is 11.9 Å². The lowest BCUT2D eigenvalue weighted by molar-refractivity contribution is 0.0515. The number of aliphatic hydroxyl groups is 1. The second-order valence-electron chi connectivity index (χ2n) is 6.65. The zero-order valence-corrected chi connectivity index (χ0v) is 16.9. The Balaban J connectivity index is 0.00000196. The predicted molar refractivity (Wildman–Crippen MR) is 111 cm³/mol. The first-order valence-electron chi connectivity index (χ1n) is 8.78. The van der Waals surface area contributed by atoms with E-state index in [-0.39, 0.29) is 29.9 Å². The Morgan fingerprint density at radius 2 is 1.92 bits per heavy atom. The lowest BCUT2D eigenvalue weighted by Crippen LogP contribution is -2.35. The fourth-order valence-corrected chi connectivity index (χ4v) is 3.52. The molecule has 0 saturated carbocycles. The number of H-pyrrole nitrogens is 1. The molecule has 1 saturated heterocycles. The van der Waals surface area contributed by atoms with E-state index in [0.717, 1.165) is 38.2 Å². The maximum atomic E-state index is 10.4. The summed E-state index contributed by atoms with van der Waals surface area (Å²) in [5.74, 6) is 0.970. The SMILES string of the molecule is I.OC(c1ncc[nH]1)C1CCN(Cc2ccc(-n3cccn3)cc2)CC1. The Morgan fingerprint density at radius 1 is 1.15 bits per heavy atom. The van der Waals surface area contributed by atoms with Gasteiger partial charge >= 0.3 is 0 Å². The van der Waals surface area contributed by atoms with E-state index >= 15 is 0 Å². The van der Waals surface area contributed by atoms with Crippen molar-refractivity contribution in [3.63, 3.8) is 0 Å². The molecule has 1 unspecified atom stereocenters. The monoisotopic (exact) mass is 465 g/mol. The van der Waals surface area contributed by atoms with Crippen LogP contribution in [0.25, 0.3) is 5.69 Å². The van der Waals surface area contributed by atoms with Crippen LogP contribution in [0.5, 0.6) is 0 Å². The molecule has 3 heterocycles. The number of aromatic amines is 1. The Labute approximate surface area is 170 Å². The summed E-state index contributed by atoms with van der Waals surface area (Å²) in [6.07, 6.45) is 8.70. The number of hydrogen-bond donors (Lipinski definition) is 2. The predicted octanol–water partition coefficient (Wildman–Crippen LogP) is 3.16. The Hall–Kier alpha value is -1.71. The van der Waals surface area contributed by atoms with Crippen molar-refractivity contribution in [1.29, 1.82) is 0 Å². The van der Waals surface area contributed by atoms with Crippen LogP contribution in [0, 0.1) is 5.92 Å². The molecule has 7 heteroatoms. The van der Waals surface area contributed by atoms with Gasteiger partial charge in [-0.3, -0.25) is 4.90 Å². The van der Waals surface area contributed by atoms with E-state index in [1.165, 1.54) is 5.56 Å². The molecule has 1 fully saturated rings. The Morgan fingerprint density at radius 3 is 2.54 bits per heavy atom. The number of rotatable bonds is 5. The number of hydrogen-bond acceptors (Lipinski definition) is 4. The van der Waals surface area contributed by atoms with Crippen molar-refractivity contribution in [3.8, 4) is 5.69 Å². The van der Waals surface area contributed by atoms with Crippen molar-refractivity contribution in [3.05, 3.63) is 66.5 Å². The molecule has 0 aliphatic carbocycles. The molecule has 0 radical (unpaired) electrons. The molecular formula is C19H24IN5O. The quantitative estimate of drug-likeness (QED) is 0.569. The van der Waals surface area contributed by atoms with Gasteiger partial charge in [-0.1, -0.05) is 12.1 Å². The maximum Gasteiger partial charge on any atom is 0.135 e. The van der Waals surface area contributed by atoms with Crippen molar-refractivity contribution in [1.82, 2.24) is 24.6 Å². The third-order valence-electron chi connectivity index (χ3n) is 4.99. The number of aromatic nitrogens is 4. The molecule has 26 heavy (non-hydrogen) atoms. The fourth-order valence-electron chi connectivity index (χ4n) is 3.52. The van der Waals surface area contributed by atoms with E-state index in [1.807, 2.05) is 16.9 Å². The third kappa shape index (κ3) is 4.33. The molecule has 6 nitrogen and oxygen atoms in total. The summed E-state index contributed by atoms with van der Waals surface area (Å²) < 4.78 is 1.87. The Bertz CT molecular complexity index is 765. The van der Waals surface area contributed by atoms with Gasteiger partial charge in [0.05, 0.1) is 5.69 Å². The van der Waals surface area contributed by atoms with Gasteiger partial charge in [-0.25, -0.2) is 9.67 Å². The smallest absolute Gasteiger partial charge is 0.135 e. The lowest BCUT2D eigenvalue weighted by atomic mass is 9.90. The van der Waals surface area contributed by atoms with E-state index in [0.29, 0.717) is 5.82 Å². The summed E-state index contributed by atoms with van der Waals surface area (Å²) in [6, 6.07) is 10.5. The van der Waals surface area contributed by atoms with Crippen LogP contribution in [-0.4, -0.2) is 42.8 Å². The Kier molecular flexibility index (Phi) is 6.44. The van der Waals surface area contributed by atoms with Crippen LogP contribution in [-0.2, 0) is 6.54 Å². The summed E-state index contributed by atoms with van der Waals surface area (Å²) in [4.78, 5) is 9.65. The average molecular weight is 465 g/mol. The number of halogens is 1. The molecule has 0 amide bonds. The van der Waals surface area contributed by atoms with Crippen LogP contribution in [0.2, 0.25) is 0 Å². The molecule has 0 bridgehead atoms. The number of piperidine rings is 1. The van der Waals surface area contributed by atoms with E-state index in [1.54, 1.807) is 18.6 Å². The summed E-state index contributed by atoms with van der Waals surface area (Å²) >= 11 is 0. The van der Waals surface area contributed by atoms with E-state index in [2.05, 4.69) is 44.2 Å². The van der Waals surface area contributed by atoms with Gasteiger partial charge in [-0.15, -0.1) is 24.0 Å². The molecule has 2 aromatic heterocycles. The van der Waals surface area contributed by atoms with Crippen LogP contribution in [0.3, 0.4) is 0 Å². The van der Waals surface area contributed by atoms with Crippen molar-refractivity contribution in [2.45, 2.75) is 25.5 Å². The number of likely N-dealkylation sites (tertiary alicyclic amines) is 1. The molecular weight excluding hydrogens is 441 g/mol. The zero-order chi connectivity index (χ0) is 17.1. The highest BCUT2D eigenvalue weighted by Gasteiger charge is 2.27. The minimum absolute atomic E-state index is 0. The topological polar surface area (TPSA) is 70.0 Å². The van der Waals surface area contributed by atoms with E-state index in [9.17, 15) is 5.11 Å². The normalized spacial score (nSPS) is 17.0. The highest BCUT2D eigenvalue weighted by Crippen LogP contribution is 2.29. The molecule has 1 aromatic carbocycles. The standard InChI is InChI=1S/C19H23N5O.HI/c25-18(19-20-9-10-21-19)16-6-12-23(13-7-16)14-15-2-4-17(5-3-15)24-11-1-8-22-24;/h1-5,8-11,16,18,25H,6-7,12-14H2,(H,20,21);1H. The number of nitrogens with one attached hydrogen (secondary N) is 1. The molecule has 1 aliphatic rings. The van der Waals surface area contributed by atoms with Gasteiger partial charge in [-0.2, -0.15) is 5.10 Å². The number of nitrogens with zero attached hydrogens (tertiary/aromatic N) is 4. The van der Waals surface area contributed by atoms with Gasteiger partial charge < -0.3 is 10.1 Å². The second-order valence-corrected chi connectivity index (χ2v) is 6.65. The summed E-state index contributed by atoms with van der Waals surface area (Å²) in [5.41, 5.74) is 2.38. The van der Waals surface area contributed by atoms with Crippen molar-refractivity contribution in [2.75, 3.05) is 13.1 Å². The van der Waals surface area contributed by atoms with Crippen LogP contribution in [0.4, 0.5) is 0 Å². The first-order chi connectivity index (χ1) is 12.3. The lowest BCUT2D eigenvalue weighted by Gasteiger charge is -2.33. The number of imidazole rings is 1. The summed E-state index contributed by atoms with van der Waals surface area (Å²) in [6.45, 7) is 2.95. The molecule has 138 valence electrons. The van der Waals surface area contributed by atoms with Crippen LogP contribution in [0.1, 0.15) is 30.3 Å². The summed E-state index contributed by atoms with van der Waals surface area (Å²) in [7, 11) is 0.